The molecule has 0 aromatic heterocycles. The highest BCUT2D eigenvalue weighted by molar-refractivity contribution is 6.03. The molecule has 18 heavy (non-hydrogen) atoms. The lowest BCUT2D eigenvalue weighted by molar-refractivity contribution is 1.38. The topological polar surface area (TPSA) is 37.1 Å². The molecular weight excluding hydrogens is 222 g/mol. The van der Waals surface area contributed by atoms with Crippen molar-refractivity contribution in [3.05, 3.63) is 58.6 Å². The molecule has 2 heterocycles. The van der Waals surface area contributed by atoms with E-state index in [4.69, 9.17) is 0 Å². The van der Waals surface area contributed by atoms with Crippen molar-refractivity contribution in [3.8, 4) is 0 Å². The van der Waals surface area contributed by atoms with Gasteiger partial charge in [-0.05, 0) is 18.2 Å². The molecule has 0 N–H and O–H groups in total. The van der Waals surface area contributed by atoms with Gasteiger partial charge in [0.1, 0.15) is 5.36 Å². The number of fused-ring (bicyclic) bond motifs is 3. The fourth-order valence-electron chi connectivity index (χ4n) is 2.22. The van der Waals surface area contributed by atoms with Crippen LogP contribution in [-0.2, 0) is 0 Å². The van der Waals surface area contributed by atoms with Crippen molar-refractivity contribution < 1.29 is 0 Å². The van der Waals surface area contributed by atoms with Crippen LogP contribution in [0.4, 0.5) is 11.4 Å². The molecule has 4 rings (SSSR count). The van der Waals surface area contributed by atoms with Gasteiger partial charge >= 0.3 is 0 Å². The lowest BCUT2D eigenvalue weighted by atomic mass is 10.2. The number of nitrogens with zero attached hydrogens (tertiary/aromatic N) is 3. The number of rotatable bonds is 1. The second-order valence-corrected chi connectivity index (χ2v) is 4.22. The summed E-state index contributed by atoms with van der Waals surface area (Å²) >= 11 is 0. The molecule has 0 radical (unpaired) electrons. The minimum Gasteiger partial charge on any atom is -0.256 e. The van der Waals surface area contributed by atoms with Crippen molar-refractivity contribution in [2.24, 2.45) is 15.0 Å². The van der Waals surface area contributed by atoms with E-state index in [-0.39, 0.29) is 0 Å². The molecule has 2 aromatic carbocycles. The van der Waals surface area contributed by atoms with Crippen molar-refractivity contribution in [2.45, 2.75) is 0 Å². The summed E-state index contributed by atoms with van der Waals surface area (Å²) in [5.74, 6) is 0.777. The normalized spacial score (nSPS) is 14.6. The summed E-state index contributed by atoms with van der Waals surface area (Å²) in [6.45, 7) is 0. The Bertz CT molecular complexity index is 815. The second-order valence-electron chi connectivity index (χ2n) is 4.22. The molecule has 0 amide bonds. The molecule has 0 saturated carbocycles. The third-order valence-corrected chi connectivity index (χ3v) is 3.10. The molecule has 2 aliphatic heterocycles. The van der Waals surface area contributed by atoms with Gasteiger partial charge in [0, 0.05) is 17.0 Å². The first kappa shape index (κ1) is 9.48. The largest absolute Gasteiger partial charge is 0.256 e. The van der Waals surface area contributed by atoms with E-state index in [1.165, 1.54) is 0 Å². The van der Waals surface area contributed by atoms with Gasteiger partial charge < -0.3 is 0 Å². The van der Waals surface area contributed by atoms with Crippen LogP contribution < -0.4 is 10.6 Å². The van der Waals surface area contributed by atoms with E-state index in [0.717, 1.165) is 33.3 Å². The Morgan fingerprint density at radius 1 is 0.778 bits per heavy atom. The summed E-state index contributed by atoms with van der Waals surface area (Å²) in [6, 6.07) is 14.0. The van der Waals surface area contributed by atoms with Gasteiger partial charge in [0.25, 0.3) is 0 Å². The predicted molar refractivity (Wildman–Crippen MR) is 72.5 cm³/mol. The van der Waals surface area contributed by atoms with Crippen molar-refractivity contribution in [1.82, 2.24) is 0 Å². The molecule has 0 aliphatic carbocycles. The van der Waals surface area contributed by atoms with E-state index in [9.17, 15) is 0 Å². The Hall–Kier alpha value is -2.55. The van der Waals surface area contributed by atoms with E-state index in [2.05, 4.69) is 15.0 Å². The highest BCUT2D eigenvalue weighted by atomic mass is 15.0. The first-order valence-corrected chi connectivity index (χ1v) is 5.82. The summed E-state index contributed by atoms with van der Waals surface area (Å²) in [5, 5.41) is 2.01. The quantitative estimate of drug-likeness (QED) is 0.719. The van der Waals surface area contributed by atoms with Gasteiger partial charge in [0.15, 0.2) is 5.84 Å². The van der Waals surface area contributed by atoms with Crippen LogP contribution in [0.2, 0.25) is 0 Å². The van der Waals surface area contributed by atoms with Gasteiger partial charge in [-0.15, -0.1) is 0 Å². The van der Waals surface area contributed by atoms with E-state index in [1.807, 2.05) is 48.5 Å². The maximum absolute atomic E-state index is 4.63. The Kier molecular flexibility index (Phi) is 1.83. The van der Waals surface area contributed by atoms with Crippen LogP contribution in [0.5, 0.6) is 0 Å². The van der Waals surface area contributed by atoms with Crippen LogP contribution >= 0.6 is 0 Å². The SMILES string of the molecule is C1=Nc2ccc3c(c2=C1)=NC(c1ccccc1)=N3. The minimum atomic E-state index is 0.777. The predicted octanol–water partition coefficient (Wildman–Crippen LogP) is 1.89. The van der Waals surface area contributed by atoms with Crippen molar-refractivity contribution >= 4 is 29.5 Å². The summed E-state index contributed by atoms with van der Waals surface area (Å²) in [4.78, 5) is 13.5. The molecule has 0 spiro atoms. The zero-order valence-corrected chi connectivity index (χ0v) is 9.54. The van der Waals surface area contributed by atoms with Gasteiger partial charge in [-0.2, -0.15) is 0 Å². The molecule has 0 saturated heterocycles. The summed E-state index contributed by atoms with van der Waals surface area (Å²) in [6.07, 6.45) is 3.79. The third-order valence-electron chi connectivity index (χ3n) is 3.10. The zero-order chi connectivity index (χ0) is 11.9. The minimum absolute atomic E-state index is 0.777. The van der Waals surface area contributed by atoms with Crippen molar-refractivity contribution in [3.63, 3.8) is 0 Å². The number of amidine groups is 1. The molecular formula is C15H9N3. The molecule has 84 valence electrons. The molecule has 0 bridgehead atoms. The van der Waals surface area contributed by atoms with Crippen molar-refractivity contribution in [2.75, 3.05) is 0 Å². The highest BCUT2D eigenvalue weighted by Crippen LogP contribution is 2.17. The third kappa shape index (κ3) is 1.27. The summed E-state index contributed by atoms with van der Waals surface area (Å²) in [7, 11) is 0. The standard InChI is InChI=1S/C15H9N3/c1-2-4-10(5-3-1)15-17-13-7-6-12-11(8-9-16-12)14(13)18-15/h1-9H. The first-order chi connectivity index (χ1) is 8.92. The highest BCUT2D eigenvalue weighted by Gasteiger charge is 2.13. The lowest BCUT2D eigenvalue weighted by Gasteiger charge is -1.94. The van der Waals surface area contributed by atoms with Crippen LogP contribution in [-0.4, -0.2) is 12.1 Å². The number of benzene rings is 2. The van der Waals surface area contributed by atoms with Crippen LogP contribution in [0.3, 0.4) is 0 Å². The van der Waals surface area contributed by atoms with E-state index >= 15 is 0 Å². The van der Waals surface area contributed by atoms with Crippen LogP contribution in [0.1, 0.15) is 5.56 Å². The fraction of sp³-hybridized carbons (Fsp3) is 0. The molecule has 2 aliphatic rings. The Labute approximate surface area is 104 Å². The Morgan fingerprint density at radius 3 is 2.50 bits per heavy atom. The van der Waals surface area contributed by atoms with Crippen LogP contribution in [0.25, 0.3) is 6.08 Å². The monoisotopic (exact) mass is 231 g/mol. The zero-order valence-electron chi connectivity index (χ0n) is 9.54. The molecule has 0 unspecified atom stereocenters. The first-order valence-electron chi connectivity index (χ1n) is 5.82. The molecule has 3 heteroatoms. The maximum Gasteiger partial charge on any atom is 0.160 e. The molecule has 2 aromatic rings. The molecule has 0 atom stereocenters. The van der Waals surface area contributed by atoms with Crippen LogP contribution in [0.15, 0.2) is 57.4 Å². The van der Waals surface area contributed by atoms with Gasteiger partial charge in [0.05, 0.1) is 11.4 Å². The number of hydrogen-bond acceptors (Lipinski definition) is 3. The fourth-order valence-corrected chi connectivity index (χ4v) is 2.22. The van der Waals surface area contributed by atoms with E-state index < -0.39 is 0 Å². The number of aliphatic imine (C=N–C) groups is 2. The Balaban J connectivity index is 1.95. The summed E-state index contributed by atoms with van der Waals surface area (Å²) < 4.78 is 0. The van der Waals surface area contributed by atoms with Crippen LogP contribution in [0, 0.1) is 0 Å². The van der Waals surface area contributed by atoms with Gasteiger partial charge in [-0.25, -0.2) is 9.98 Å². The van der Waals surface area contributed by atoms with E-state index in [1.54, 1.807) is 6.21 Å². The second kappa shape index (κ2) is 3.47. The lowest BCUT2D eigenvalue weighted by Crippen LogP contribution is -2.23. The summed E-state index contributed by atoms with van der Waals surface area (Å²) in [5.41, 5.74) is 2.94. The smallest absolute Gasteiger partial charge is 0.160 e. The van der Waals surface area contributed by atoms with Gasteiger partial charge in [0.2, 0.25) is 0 Å². The van der Waals surface area contributed by atoms with Gasteiger partial charge in [-0.1, -0.05) is 30.3 Å². The number of hydrogen-bond donors (Lipinski definition) is 0. The van der Waals surface area contributed by atoms with Crippen molar-refractivity contribution in [1.29, 1.82) is 0 Å². The molecule has 0 fully saturated rings. The Morgan fingerprint density at radius 2 is 1.61 bits per heavy atom. The average Bonchev–Trinajstić information content (AvgIpc) is 3.05. The van der Waals surface area contributed by atoms with Gasteiger partial charge in [-0.3, -0.25) is 4.99 Å². The molecule has 3 nitrogen and oxygen atoms in total. The average molecular weight is 231 g/mol. The maximum atomic E-state index is 4.63. The van der Waals surface area contributed by atoms with E-state index in [0.29, 0.717) is 0 Å².